The van der Waals surface area contributed by atoms with E-state index in [1.807, 2.05) is 4.68 Å². The van der Waals surface area contributed by atoms with Crippen molar-refractivity contribution in [2.24, 2.45) is 5.92 Å². The highest BCUT2D eigenvalue weighted by Crippen LogP contribution is 2.25. The molecule has 0 bridgehead atoms. The Balaban J connectivity index is 1.35. The van der Waals surface area contributed by atoms with Gasteiger partial charge in [-0.15, -0.1) is 0 Å². The number of hydrogen-bond donors (Lipinski definition) is 0. The van der Waals surface area contributed by atoms with Gasteiger partial charge in [0.2, 0.25) is 0 Å². The van der Waals surface area contributed by atoms with Crippen molar-refractivity contribution < 1.29 is 4.74 Å². The number of ether oxygens (including phenoxy) is 1. The lowest BCUT2D eigenvalue weighted by atomic mass is 10.1. The molecular formula is C23H29N5O. The summed E-state index contributed by atoms with van der Waals surface area (Å²) in [7, 11) is 3.93. The molecule has 0 aliphatic carbocycles. The molecule has 1 aliphatic rings. The van der Waals surface area contributed by atoms with Crippen LogP contribution in [0.1, 0.15) is 17.5 Å². The third-order valence-corrected chi connectivity index (χ3v) is 5.57. The van der Waals surface area contributed by atoms with Gasteiger partial charge < -0.3 is 14.5 Å². The normalized spacial score (nSPS) is 16.5. The Bertz CT molecular complexity index is 897. The van der Waals surface area contributed by atoms with Gasteiger partial charge in [-0.3, -0.25) is 0 Å². The van der Waals surface area contributed by atoms with E-state index in [2.05, 4.69) is 75.5 Å². The van der Waals surface area contributed by atoms with Crippen LogP contribution in [0.15, 0.2) is 61.2 Å². The maximum atomic E-state index is 5.53. The minimum absolute atomic E-state index is 0.662. The third-order valence-electron chi connectivity index (χ3n) is 5.57. The quantitative estimate of drug-likeness (QED) is 0.590. The van der Waals surface area contributed by atoms with Crippen LogP contribution in [0.3, 0.4) is 0 Å². The van der Waals surface area contributed by atoms with E-state index in [-0.39, 0.29) is 0 Å². The van der Waals surface area contributed by atoms with Gasteiger partial charge in [0.1, 0.15) is 18.4 Å². The standard InChI is InChI=1S/C23H29N5O/c1-26(14-20-10-11-27(15-20)22-6-4-3-5-7-22)13-19-8-9-23(29-2)21(12-19)16-28-18-24-17-25-28/h3-9,12,17-18,20H,10-11,13-16H2,1-2H3. The van der Waals surface area contributed by atoms with Crippen molar-refractivity contribution in [3.05, 3.63) is 72.3 Å². The number of aromatic nitrogens is 3. The molecule has 2 aromatic carbocycles. The fraction of sp³-hybridized carbons (Fsp3) is 0.391. The van der Waals surface area contributed by atoms with Crippen molar-refractivity contribution in [1.82, 2.24) is 19.7 Å². The summed E-state index contributed by atoms with van der Waals surface area (Å²) in [6.07, 6.45) is 4.54. The molecule has 1 unspecified atom stereocenters. The first-order chi connectivity index (χ1) is 14.2. The zero-order valence-corrected chi connectivity index (χ0v) is 17.2. The van der Waals surface area contributed by atoms with Crippen molar-refractivity contribution in [2.75, 3.05) is 38.7 Å². The average molecular weight is 392 g/mol. The molecule has 1 fully saturated rings. The number of rotatable bonds is 8. The molecule has 152 valence electrons. The number of benzene rings is 2. The molecule has 1 saturated heterocycles. The summed E-state index contributed by atoms with van der Waals surface area (Å²) in [5.74, 6) is 1.59. The lowest BCUT2D eigenvalue weighted by Gasteiger charge is -2.23. The van der Waals surface area contributed by atoms with Crippen LogP contribution < -0.4 is 9.64 Å². The Morgan fingerprint density at radius 1 is 1.17 bits per heavy atom. The molecule has 2 heterocycles. The van der Waals surface area contributed by atoms with Crippen LogP contribution in [0.25, 0.3) is 0 Å². The van der Waals surface area contributed by atoms with E-state index in [0.717, 1.165) is 37.5 Å². The van der Waals surface area contributed by atoms with Gasteiger partial charge >= 0.3 is 0 Å². The molecule has 4 rings (SSSR count). The van der Waals surface area contributed by atoms with Gasteiger partial charge in [0, 0.05) is 37.4 Å². The second-order valence-corrected chi connectivity index (χ2v) is 7.87. The predicted molar refractivity (Wildman–Crippen MR) is 115 cm³/mol. The van der Waals surface area contributed by atoms with E-state index in [0.29, 0.717) is 12.5 Å². The lowest BCUT2D eigenvalue weighted by Crippen LogP contribution is -2.28. The Labute approximate surface area is 172 Å². The maximum Gasteiger partial charge on any atom is 0.137 e. The van der Waals surface area contributed by atoms with E-state index in [9.17, 15) is 0 Å². The molecule has 1 atom stereocenters. The second kappa shape index (κ2) is 9.09. The fourth-order valence-corrected chi connectivity index (χ4v) is 4.21. The van der Waals surface area contributed by atoms with E-state index >= 15 is 0 Å². The molecule has 0 radical (unpaired) electrons. The molecular weight excluding hydrogens is 362 g/mol. The number of methoxy groups -OCH3 is 1. The summed E-state index contributed by atoms with van der Waals surface area (Å²) in [6, 6.07) is 17.2. The highest BCUT2D eigenvalue weighted by Gasteiger charge is 2.23. The molecule has 1 aliphatic heterocycles. The monoisotopic (exact) mass is 391 g/mol. The second-order valence-electron chi connectivity index (χ2n) is 7.87. The van der Waals surface area contributed by atoms with Crippen molar-refractivity contribution in [2.45, 2.75) is 19.5 Å². The molecule has 6 heteroatoms. The predicted octanol–water partition coefficient (Wildman–Crippen LogP) is 3.29. The molecule has 1 aromatic heterocycles. The number of para-hydroxylation sites is 1. The highest BCUT2D eigenvalue weighted by molar-refractivity contribution is 5.46. The van der Waals surface area contributed by atoms with E-state index in [1.165, 1.54) is 17.7 Å². The number of anilines is 1. The van der Waals surface area contributed by atoms with Crippen LogP contribution in [0.2, 0.25) is 0 Å². The van der Waals surface area contributed by atoms with Crippen LogP contribution in [-0.2, 0) is 13.1 Å². The molecule has 6 nitrogen and oxygen atoms in total. The molecule has 0 saturated carbocycles. The molecule has 0 spiro atoms. The Morgan fingerprint density at radius 3 is 2.79 bits per heavy atom. The van der Waals surface area contributed by atoms with Gasteiger partial charge in [0.05, 0.1) is 13.7 Å². The Kier molecular flexibility index (Phi) is 6.10. The first-order valence-electron chi connectivity index (χ1n) is 10.2. The SMILES string of the molecule is COc1ccc(CN(C)CC2CCN(c3ccccc3)C2)cc1Cn1cncn1. The van der Waals surface area contributed by atoms with Crippen LogP contribution in [0.4, 0.5) is 5.69 Å². The largest absolute Gasteiger partial charge is 0.496 e. The van der Waals surface area contributed by atoms with E-state index in [1.54, 1.807) is 19.8 Å². The van der Waals surface area contributed by atoms with Crippen LogP contribution in [0, 0.1) is 5.92 Å². The zero-order valence-electron chi connectivity index (χ0n) is 17.2. The average Bonchev–Trinajstić information content (AvgIpc) is 3.41. The van der Waals surface area contributed by atoms with Gasteiger partial charge in [-0.25, -0.2) is 9.67 Å². The van der Waals surface area contributed by atoms with Crippen molar-refractivity contribution in [1.29, 1.82) is 0 Å². The smallest absolute Gasteiger partial charge is 0.137 e. The molecule has 0 N–H and O–H groups in total. The summed E-state index contributed by atoms with van der Waals surface area (Å²) in [4.78, 5) is 8.96. The van der Waals surface area contributed by atoms with Crippen molar-refractivity contribution in [3.63, 3.8) is 0 Å². The topological polar surface area (TPSA) is 46.4 Å². The maximum absolute atomic E-state index is 5.53. The Morgan fingerprint density at radius 2 is 2.03 bits per heavy atom. The first kappa shape index (κ1) is 19.5. The van der Waals surface area contributed by atoms with Gasteiger partial charge in [-0.1, -0.05) is 24.3 Å². The highest BCUT2D eigenvalue weighted by atomic mass is 16.5. The molecule has 0 amide bonds. The van der Waals surface area contributed by atoms with Crippen LogP contribution in [0.5, 0.6) is 5.75 Å². The summed E-state index contributed by atoms with van der Waals surface area (Å²) >= 11 is 0. The van der Waals surface area contributed by atoms with Gasteiger partial charge in [-0.05, 0) is 49.2 Å². The Hall–Kier alpha value is -2.86. The van der Waals surface area contributed by atoms with Crippen LogP contribution in [-0.4, -0.2) is 53.5 Å². The lowest BCUT2D eigenvalue weighted by molar-refractivity contribution is 0.279. The number of nitrogens with zero attached hydrogens (tertiary/aromatic N) is 5. The molecule has 3 aromatic rings. The first-order valence-corrected chi connectivity index (χ1v) is 10.2. The van der Waals surface area contributed by atoms with Gasteiger partial charge in [0.15, 0.2) is 0 Å². The minimum Gasteiger partial charge on any atom is -0.496 e. The van der Waals surface area contributed by atoms with Crippen LogP contribution >= 0.6 is 0 Å². The number of hydrogen-bond acceptors (Lipinski definition) is 5. The summed E-state index contributed by atoms with van der Waals surface area (Å²) < 4.78 is 7.36. The van der Waals surface area contributed by atoms with Crippen molar-refractivity contribution >= 4 is 5.69 Å². The van der Waals surface area contributed by atoms with Crippen molar-refractivity contribution in [3.8, 4) is 5.75 Å². The third kappa shape index (κ3) is 4.95. The van der Waals surface area contributed by atoms with Gasteiger partial charge in [-0.2, -0.15) is 5.10 Å². The zero-order chi connectivity index (χ0) is 20.1. The minimum atomic E-state index is 0.662. The summed E-state index contributed by atoms with van der Waals surface area (Å²) in [5.41, 5.74) is 3.76. The molecule has 29 heavy (non-hydrogen) atoms. The summed E-state index contributed by atoms with van der Waals surface area (Å²) in [5, 5.41) is 4.21. The fourth-order valence-electron chi connectivity index (χ4n) is 4.21. The van der Waals surface area contributed by atoms with Gasteiger partial charge in [0.25, 0.3) is 0 Å². The van der Waals surface area contributed by atoms with E-state index < -0.39 is 0 Å². The van der Waals surface area contributed by atoms with E-state index in [4.69, 9.17) is 4.74 Å². The summed E-state index contributed by atoms with van der Waals surface area (Å²) in [6.45, 7) is 4.97.